The number of rotatable bonds is 5. The van der Waals surface area contributed by atoms with Crippen LogP contribution in [0.2, 0.25) is 0 Å². The van der Waals surface area contributed by atoms with Crippen LogP contribution in [0.1, 0.15) is 30.4 Å². The van der Waals surface area contributed by atoms with Crippen LogP contribution in [0.25, 0.3) is 22.2 Å². The predicted octanol–water partition coefficient (Wildman–Crippen LogP) is 8.66. The first-order valence-electron chi connectivity index (χ1n) is 15.0. The van der Waals surface area contributed by atoms with Gasteiger partial charge in [-0.1, -0.05) is 47.5 Å². The Morgan fingerprint density at radius 3 is 1.93 bits per heavy atom. The Labute approximate surface area is 267 Å². The minimum Gasteiger partial charge on any atom is -0.311 e. The molecule has 0 aliphatic heterocycles. The van der Waals surface area contributed by atoms with Crippen molar-refractivity contribution >= 4 is 62.9 Å². The van der Waals surface area contributed by atoms with Crippen molar-refractivity contribution < 1.29 is 22.8 Å². The number of carbonyl (C=O) groups excluding carboxylic acids is 2. The van der Waals surface area contributed by atoms with E-state index in [1.165, 1.54) is 11.1 Å². The highest BCUT2D eigenvalue weighted by Gasteiger charge is 2.54. The van der Waals surface area contributed by atoms with Gasteiger partial charge in [0.15, 0.2) is 5.82 Å². The molecule has 5 aromatic rings. The van der Waals surface area contributed by atoms with Crippen molar-refractivity contribution in [2.45, 2.75) is 39.3 Å². The number of aryl methyl sites for hydroxylation is 2. The summed E-state index contributed by atoms with van der Waals surface area (Å²) in [6.45, 7) is 4.11. The number of benzene rings is 3. The molecule has 2 saturated carbocycles. The smallest absolute Gasteiger partial charge is 0.311 e. The van der Waals surface area contributed by atoms with E-state index in [1.54, 1.807) is 6.20 Å². The van der Waals surface area contributed by atoms with Gasteiger partial charge in [0, 0.05) is 40.7 Å². The van der Waals surface area contributed by atoms with Crippen LogP contribution in [0.15, 0.2) is 84.0 Å². The van der Waals surface area contributed by atoms with E-state index in [0.29, 0.717) is 16.6 Å². The number of ketones is 2. The molecule has 2 aliphatic rings. The molecule has 0 radical (unpaired) electrons. The minimum absolute atomic E-state index is 0.0261. The number of carbonyl (C=O) groups is 2. The number of hydrogen-bond donors (Lipinski definition) is 0. The fourth-order valence-corrected chi connectivity index (χ4v) is 7.03. The van der Waals surface area contributed by atoms with Crippen molar-refractivity contribution in [3.63, 3.8) is 0 Å². The second kappa shape index (κ2) is 11.5. The first-order valence-corrected chi connectivity index (χ1v) is 15.7. The largest absolute Gasteiger partial charge is 0.391 e. The summed E-state index contributed by atoms with van der Waals surface area (Å²) < 4.78 is 49.0. The van der Waals surface area contributed by atoms with Crippen molar-refractivity contribution in [1.29, 1.82) is 0 Å². The van der Waals surface area contributed by atoms with Gasteiger partial charge in [0.1, 0.15) is 11.0 Å². The van der Waals surface area contributed by atoms with Crippen LogP contribution < -0.4 is 4.90 Å². The average Bonchev–Trinajstić information content (AvgIpc) is 3.63. The number of pyridine rings is 1. The monoisotopic (exact) mass is 639 g/mol. The lowest BCUT2D eigenvalue weighted by Crippen LogP contribution is -2.34. The number of hydrogen-bond acceptors (Lipinski definition) is 8. The van der Waals surface area contributed by atoms with Gasteiger partial charge in [-0.15, -0.1) is 0 Å². The third-order valence-electron chi connectivity index (χ3n) is 8.98. The highest BCUT2D eigenvalue weighted by Crippen LogP contribution is 2.46. The molecule has 0 saturated heterocycles. The van der Waals surface area contributed by atoms with Gasteiger partial charge in [-0.05, 0) is 75.1 Å². The molecule has 3 atom stereocenters. The van der Waals surface area contributed by atoms with E-state index >= 15 is 0 Å². The number of halogens is 3. The van der Waals surface area contributed by atoms with E-state index in [0.717, 1.165) is 34.4 Å². The van der Waals surface area contributed by atoms with Crippen molar-refractivity contribution in [3.05, 3.63) is 90.1 Å². The van der Waals surface area contributed by atoms with E-state index in [9.17, 15) is 22.8 Å². The van der Waals surface area contributed by atoms with Gasteiger partial charge in [-0.2, -0.15) is 21.9 Å². The number of aliphatic imine (C=N–C) groups is 1. The lowest BCUT2D eigenvalue weighted by atomic mass is 9.75. The van der Waals surface area contributed by atoms with Crippen molar-refractivity contribution in [2.75, 3.05) is 4.90 Å². The minimum atomic E-state index is -4.40. The van der Waals surface area contributed by atoms with E-state index < -0.39 is 35.5 Å². The first-order chi connectivity index (χ1) is 22.1. The van der Waals surface area contributed by atoms with Crippen molar-refractivity contribution in [2.24, 2.45) is 22.7 Å². The quantitative estimate of drug-likeness (QED) is 0.179. The lowest BCUT2D eigenvalue weighted by molar-refractivity contribution is -0.187. The molecule has 3 aromatic carbocycles. The van der Waals surface area contributed by atoms with Gasteiger partial charge in [0.05, 0.1) is 23.4 Å². The fourth-order valence-electron chi connectivity index (χ4n) is 6.47. The molecule has 3 unspecified atom stereocenters. The van der Waals surface area contributed by atoms with Gasteiger partial charge in [-0.3, -0.25) is 9.59 Å². The maximum Gasteiger partial charge on any atom is 0.391 e. The molecule has 7 nitrogen and oxygen atoms in total. The highest BCUT2D eigenvalue weighted by atomic mass is 32.1. The molecule has 2 heterocycles. The number of Topliss-reactive ketones (excluding diaryl/α,β-unsaturated/α-hetero) is 2. The molecular formula is C35H28F3N5O2S. The fraction of sp³-hybridized carbons (Fsp3) is 0.257. The summed E-state index contributed by atoms with van der Waals surface area (Å²) in [4.78, 5) is 36.7. The third kappa shape index (κ3) is 5.38. The Hall–Kier alpha value is -4.77. The Bertz CT molecular complexity index is 1940. The van der Waals surface area contributed by atoms with Gasteiger partial charge >= 0.3 is 6.18 Å². The second-order valence-corrected chi connectivity index (χ2v) is 12.5. The molecule has 0 bridgehead atoms. The zero-order valence-corrected chi connectivity index (χ0v) is 25.8. The van der Waals surface area contributed by atoms with E-state index in [-0.39, 0.29) is 30.8 Å². The van der Waals surface area contributed by atoms with Crippen LogP contribution >= 0.6 is 11.7 Å². The molecule has 0 amide bonds. The number of aromatic nitrogens is 3. The second-order valence-electron chi connectivity index (χ2n) is 12.0. The highest BCUT2D eigenvalue weighted by molar-refractivity contribution is 7.00. The third-order valence-corrected chi connectivity index (χ3v) is 9.50. The number of anilines is 3. The molecule has 232 valence electrons. The molecule has 2 aliphatic carbocycles. The molecule has 11 heteroatoms. The van der Waals surface area contributed by atoms with Crippen LogP contribution in [0.3, 0.4) is 0 Å². The van der Waals surface area contributed by atoms with Crippen LogP contribution in [0.4, 0.5) is 36.1 Å². The van der Waals surface area contributed by atoms with Crippen LogP contribution in [-0.2, 0) is 9.59 Å². The van der Waals surface area contributed by atoms with Crippen molar-refractivity contribution in [3.8, 4) is 11.1 Å². The summed E-state index contributed by atoms with van der Waals surface area (Å²) in [5, 5.41) is 0. The molecule has 46 heavy (non-hydrogen) atoms. The SMILES string of the molecule is Cc1ccc(N(c2ccc(C)cc2)c2ccc(-c3cnc(N=C4C(=O)C(=O)C5CC(C(F)(F)F)CCC45)c4nsnc34)cc2)cc1. The number of alkyl halides is 3. The zero-order chi connectivity index (χ0) is 32.2. The summed E-state index contributed by atoms with van der Waals surface area (Å²) in [7, 11) is 0. The lowest BCUT2D eigenvalue weighted by Gasteiger charge is -2.31. The normalized spacial score (nSPS) is 20.8. The van der Waals surface area contributed by atoms with E-state index in [1.807, 2.05) is 24.3 Å². The molecule has 0 N–H and O–H groups in total. The number of nitrogens with zero attached hydrogens (tertiary/aromatic N) is 5. The predicted molar refractivity (Wildman–Crippen MR) is 172 cm³/mol. The number of fused-ring (bicyclic) bond motifs is 2. The summed E-state index contributed by atoms with van der Waals surface area (Å²) in [5.41, 5.74) is 7.78. The standard InChI is InChI=1S/C35H28F3N5O2S/c1-19-3-10-23(11-4-19)43(24-12-5-20(2)6-13-24)25-14-7-21(8-15-25)28-18-39-34(31-29(28)41-46-42-31)40-30-26-16-9-22(35(36,37)38)17-27(26)32(44)33(30)45/h3-8,10-15,18,22,26-27H,9,16-17H2,1-2H3. The van der Waals surface area contributed by atoms with Crippen LogP contribution in [-0.4, -0.2) is 37.2 Å². The molecule has 2 aromatic heterocycles. The topological polar surface area (TPSA) is 88.4 Å². The molecule has 7 rings (SSSR count). The summed E-state index contributed by atoms with van der Waals surface area (Å²) in [6.07, 6.45) is -3.27. The van der Waals surface area contributed by atoms with Crippen LogP contribution in [0.5, 0.6) is 0 Å². The first kappa shape index (κ1) is 29.9. The Balaban J connectivity index is 1.21. The summed E-state index contributed by atoms with van der Waals surface area (Å²) in [6, 6.07) is 24.7. The van der Waals surface area contributed by atoms with Crippen molar-refractivity contribution in [1.82, 2.24) is 13.7 Å². The Morgan fingerprint density at radius 2 is 1.35 bits per heavy atom. The van der Waals surface area contributed by atoms with Crippen LogP contribution in [0, 0.1) is 31.6 Å². The summed E-state index contributed by atoms with van der Waals surface area (Å²) in [5.74, 6) is -4.76. The molecular weight excluding hydrogens is 611 g/mol. The molecule has 0 spiro atoms. The van der Waals surface area contributed by atoms with Gasteiger partial charge in [0.2, 0.25) is 11.6 Å². The van der Waals surface area contributed by atoms with E-state index in [2.05, 4.69) is 86.0 Å². The van der Waals surface area contributed by atoms with Gasteiger partial charge in [0.25, 0.3) is 0 Å². The van der Waals surface area contributed by atoms with E-state index in [4.69, 9.17) is 0 Å². The summed E-state index contributed by atoms with van der Waals surface area (Å²) >= 11 is 0.971. The maximum atomic E-state index is 13.4. The maximum absolute atomic E-state index is 13.4. The Morgan fingerprint density at radius 1 is 0.783 bits per heavy atom. The zero-order valence-electron chi connectivity index (χ0n) is 25.0. The van der Waals surface area contributed by atoms with Gasteiger partial charge < -0.3 is 4.90 Å². The van der Waals surface area contributed by atoms with Gasteiger partial charge in [-0.25, -0.2) is 9.98 Å². The molecule has 2 fully saturated rings. The Kier molecular flexibility index (Phi) is 7.51. The average molecular weight is 640 g/mol.